The highest BCUT2D eigenvalue weighted by atomic mass is 32.1. The van der Waals surface area contributed by atoms with Crippen molar-refractivity contribution in [3.63, 3.8) is 0 Å². The Labute approximate surface area is 287 Å². The van der Waals surface area contributed by atoms with Crippen LogP contribution in [0.2, 0.25) is 0 Å². The van der Waals surface area contributed by atoms with E-state index in [9.17, 15) is 24.3 Å². The Morgan fingerprint density at radius 3 is 2.40 bits per heavy atom. The Balaban J connectivity index is 1.45. The normalized spacial score (nSPS) is 23.9. The van der Waals surface area contributed by atoms with Gasteiger partial charge < -0.3 is 25.4 Å². The summed E-state index contributed by atoms with van der Waals surface area (Å²) in [5.74, 6) is -1.39. The zero-order valence-electron chi connectivity index (χ0n) is 28.8. The molecule has 0 bridgehead atoms. The molecule has 48 heavy (non-hydrogen) atoms. The number of thiazole rings is 1. The molecular formula is C36H51N5O6S. The summed E-state index contributed by atoms with van der Waals surface area (Å²) in [7, 11) is 0. The van der Waals surface area contributed by atoms with E-state index in [2.05, 4.69) is 15.5 Å². The first kappa shape index (κ1) is 35.9. The van der Waals surface area contributed by atoms with Crippen molar-refractivity contribution in [3.8, 4) is 0 Å². The highest BCUT2D eigenvalue weighted by Crippen LogP contribution is 2.37. The number of nitrogens with zero attached hydrogens (tertiary/aromatic N) is 3. The van der Waals surface area contributed by atoms with Crippen LogP contribution in [0.5, 0.6) is 0 Å². The maximum Gasteiger partial charge on any atom is 0.404 e. The summed E-state index contributed by atoms with van der Waals surface area (Å²) in [6.07, 6.45) is 4.42. The average Bonchev–Trinajstić information content (AvgIpc) is 3.72. The molecule has 0 radical (unpaired) electrons. The maximum atomic E-state index is 14.9. The van der Waals surface area contributed by atoms with Gasteiger partial charge in [0.1, 0.15) is 16.7 Å². The van der Waals surface area contributed by atoms with Gasteiger partial charge in [-0.15, -0.1) is 11.3 Å². The maximum absolute atomic E-state index is 14.9. The van der Waals surface area contributed by atoms with Gasteiger partial charge >= 0.3 is 6.09 Å². The summed E-state index contributed by atoms with van der Waals surface area (Å²) in [6.45, 7) is 11.8. The van der Waals surface area contributed by atoms with Crippen LogP contribution in [0.1, 0.15) is 100 Å². The van der Waals surface area contributed by atoms with Crippen molar-refractivity contribution in [3.05, 3.63) is 52.0 Å². The fourth-order valence-corrected chi connectivity index (χ4v) is 8.71. The summed E-state index contributed by atoms with van der Waals surface area (Å²) >= 11 is 1.39. The Morgan fingerprint density at radius 2 is 1.75 bits per heavy atom. The molecule has 6 atom stereocenters. The smallest absolute Gasteiger partial charge is 0.404 e. The Kier molecular flexibility index (Phi) is 11.6. The number of carbonyl (C=O) groups excluding carboxylic acids is 3. The zero-order chi connectivity index (χ0) is 34.6. The van der Waals surface area contributed by atoms with E-state index in [0.29, 0.717) is 36.0 Å². The molecular weight excluding hydrogens is 630 g/mol. The first-order valence-electron chi connectivity index (χ1n) is 17.4. The highest BCUT2D eigenvalue weighted by Gasteiger charge is 2.47. The fourth-order valence-electron chi connectivity index (χ4n) is 7.81. The van der Waals surface area contributed by atoms with Crippen LogP contribution >= 0.6 is 11.3 Å². The lowest BCUT2D eigenvalue weighted by molar-refractivity contribution is -0.145. The molecule has 262 valence electrons. The van der Waals surface area contributed by atoms with Crippen LogP contribution in [0.15, 0.2) is 35.7 Å². The lowest BCUT2D eigenvalue weighted by Gasteiger charge is -2.45. The minimum atomic E-state index is -1.19. The Morgan fingerprint density at radius 1 is 1.04 bits per heavy atom. The van der Waals surface area contributed by atoms with Crippen molar-refractivity contribution in [2.75, 3.05) is 26.2 Å². The molecule has 1 aromatic carbocycles. The number of piperazine rings is 1. The number of amides is 3. The number of carboxylic acid groups (broad SMARTS) is 1. The van der Waals surface area contributed by atoms with Crippen LogP contribution in [0.25, 0.3) is 0 Å². The molecule has 1 saturated carbocycles. The van der Waals surface area contributed by atoms with E-state index >= 15 is 0 Å². The van der Waals surface area contributed by atoms with Crippen molar-refractivity contribution < 1.29 is 29.0 Å². The van der Waals surface area contributed by atoms with Gasteiger partial charge in [-0.25, -0.2) is 9.78 Å². The van der Waals surface area contributed by atoms with E-state index < -0.39 is 35.6 Å². The Bertz CT molecular complexity index is 1440. The lowest BCUT2D eigenvalue weighted by atomic mass is 9.78. The number of fused-ring (bicyclic) bond motifs is 1. The number of ketones is 1. The van der Waals surface area contributed by atoms with Gasteiger partial charge in [-0.05, 0) is 37.5 Å². The SMILES string of the molecule is CCO[C@@H]1C[C@@H]2CN(C(=O)[C@@H](NC(=O)[C@@H](C)C(NC(=O)O)C(C)(C)C)C3CCCCC3)[C@H](c3nc(C(=O)c4ccccc4)cs3)CN2C1. The molecule has 0 spiro atoms. The van der Waals surface area contributed by atoms with Crippen molar-refractivity contribution in [2.24, 2.45) is 17.3 Å². The van der Waals surface area contributed by atoms with E-state index in [4.69, 9.17) is 9.72 Å². The average molecular weight is 682 g/mol. The minimum Gasteiger partial charge on any atom is -0.465 e. The molecule has 2 saturated heterocycles. The van der Waals surface area contributed by atoms with Crippen LogP contribution in [-0.4, -0.2) is 94.1 Å². The number of aromatic nitrogens is 1. The van der Waals surface area contributed by atoms with E-state index in [0.717, 1.165) is 45.1 Å². The molecule has 3 N–H and O–H groups in total. The first-order chi connectivity index (χ1) is 22.9. The molecule has 5 rings (SSSR count). The van der Waals surface area contributed by atoms with Gasteiger partial charge in [-0.3, -0.25) is 19.3 Å². The summed E-state index contributed by atoms with van der Waals surface area (Å²) in [6, 6.07) is 7.37. The molecule has 12 heteroatoms. The lowest BCUT2D eigenvalue weighted by Crippen LogP contribution is -2.61. The standard InChI is InChI=1S/C36H51N5O6S/c1-6-47-26-17-25-18-41(28(20-40(25)19-26)33-37-27(21-48-33)30(42)24-15-11-8-12-16-24)34(44)29(23-13-9-7-10-14-23)38-32(43)22(2)31(36(3,4)5)39-35(45)46/h8,11-12,15-16,21-23,25-26,28-29,31,39H,6-7,9-10,13-14,17-20H2,1-5H3,(H,38,43)(H,45,46)/t22-,25+,26+,28-,29-,31?/m0/s1. The molecule has 1 aliphatic carbocycles. The van der Waals surface area contributed by atoms with E-state index in [1.807, 2.05) is 50.8 Å². The molecule has 1 aromatic heterocycles. The number of benzene rings is 1. The number of carbonyl (C=O) groups is 4. The van der Waals surface area contributed by atoms with Crippen LogP contribution in [-0.2, 0) is 14.3 Å². The van der Waals surface area contributed by atoms with E-state index in [-0.39, 0.29) is 35.7 Å². The number of hydrogen-bond donors (Lipinski definition) is 3. The van der Waals surface area contributed by atoms with Crippen molar-refractivity contribution in [1.82, 2.24) is 25.4 Å². The number of rotatable bonds is 11. The largest absolute Gasteiger partial charge is 0.465 e. The van der Waals surface area contributed by atoms with E-state index in [1.54, 1.807) is 24.4 Å². The topological polar surface area (TPSA) is 141 Å². The van der Waals surface area contributed by atoms with Gasteiger partial charge in [0, 0.05) is 49.3 Å². The number of nitrogens with one attached hydrogen (secondary N) is 2. The number of ether oxygens (including phenoxy) is 1. The second-order valence-electron chi connectivity index (χ2n) is 14.7. The second kappa shape index (κ2) is 15.5. The predicted octanol–water partition coefficient (Wildman–Crippen LogP) is 5.12. The third-order valence-electron chi connectivity index (χ3n) is 10.3. The molecule has 3 aliphatic rings. The van der Waals surface area contributed by atoms with Crippen molar-refractivity contribution in [2.45, 2.75) is 103 Å². The van der Waals surface area contributed by atoms with Gasteiger partial charge in [0.15, 0.2) is 0 Å². The summed E-state index contributed by atoms with van der Waals surface area (Å²) in [5, 5.41) is 17.7. The monoisotopic (exact) mass is 681 g/mol. The molecule has 11 nitrogen and oxygen atoms in total. The van der Waals surface area contributed by atoms with Gasteiger partial charge in [-0.1, -0.05) is 77.3 Å². The molecule has 2 aromatic rings. The van der Waals surface area contributed by atoms with Gasteiger partial charge in [0.05, 0.1) is 18.1 Å². The second-order valence-corrected chi connectivity index (χ2v) is 15.5. The van der Waals surface area contributed by atoms with Crippen LogP contribution in [0, 0.1) is 17.3 Å². The molecule has 1 unspecified atom stereocenters. The van der Waals surface area contributed by atoms with Crippen molar-refractivity contribution in [1.29, 1.82) is 0 Å². The van der Waals surface area contributed by atoms with Gasteiger partial charge in [0.2, 0.25) is 17.6 Å². The minimum absolute atomic E-state index is 0.0344. The zero-order valence-corrected chi connectivity index (χ0v) is 29.6. The van der Waals surface area contributed by atoms with Gasteiger partial charge in [-0.2, -0.15) is 0 Å². The third-order valence-corrected chi connectivity index (χ3v) is 11.2. The molecule has 3 fully saturated rings. The van der Waals surface area contributed by atoms with Crippen LogP contribution in [0.4, 0.5) is 4.79 Å². The summed E-state index contributed by atoms with van der Waals surface area (Å²) < 4.78 is 6.01. The predicted molar refractivity (Wildman–Crippen MR) is 184 cm³/mol. The molecule has 2 aliphatic heterocycles. The summed E-state index contributed by atoms with van der Waals surface area (Å²) in [5.41, 5.74) is 0.389. The van der Waals surface area contributed by atoms with Crippen molar-refractivity contribution >= 4 is 35.0 Å². The van der Waals surface area contributed by atoms with Crippen LogP contribution in [0.3, 0.4) is 0 Å². The quantitative estimate of drug-likeness (QED) is 0.278. The third kappa shape index (κ3) is 8.26. The fraction of sp³-hybridized carbons (Fsp3) is 0.639. The van der Waals surface area contributed by atoms with Crippen LogP contribution < -0.4 is 10.6 Å². The highest BCUT2D eigenvalue weighted by molar-refractivity contribution is 7.10. The first-order valence-corrected chi connectivity index (χ1v) is 18.3. The molecule has 3 heterocycles. The molecule has 3 amide bonds. The summed E-state index contributed by atoms with van der Waals surface area (Å²) in [4.78, 5) is 62.9. The number of hydrogen-bond acceptors (Lipinski definition) is 8. The van der Waals surface area contributed by atoms with Gasteiger partial charge in [0.25, 0.3) is 0 Å². The Hall–Kier alpha value is -3.35. The van der Waals surface area contributed by atoms with E-state index in [1.165, 1.54) is 11.3 Å².